The van der Waals surface area contributed by atoms with Gasteiger partial charge in [-0.2, -0.15) is 0 Å². The van der Waals surface area contributed by atoms with E-state index in [0.717, 1.165) is 31.2 Å². The van der Waals surface area contributed by atoms with Crippen LogP contribution in [-0.4, -0.2) is 28.9 Å². The van der Waals surface area contributed by atoms with Gasteiger partial charge < -0.3 is 15.4 Å². The van der Waals surface area contributed by atoms with Crippen LogP contribution in [0.25, 0.3) is 0 Å². The lowest BCUT2D eigenvalue weighted by Gasteiger charge is -2.33. The Morgan fingerprint density at radius 3 is 2.46 bits per heavy atom. The molecule has 0 spiro atoms. The molecular formula is C27H30FN3O3S. The summed E-state index contributed by atoms with van der Waals surface area (Å²) in [6, 6.07) is 15.7. The summed E-state index contributed by atoms with van der Waals surface area (Å²) in [5.41, 5.74) is 1.30. The maximum Gasteiger partial charge on any atom is 0.271 e. The molecule has 1 fully saturated rings. The van der Waals surface area contributed by atoms with Crippen LogP contribution in [0.1, 0.15) is 66.0 Å². The van der Waals surface area contributed by atoms with Crippen molar-refractivity contribution < 1.29 is 18.7 Å². The van der Waals surface area contributed by atoms with E-state index >= 15 is 0 Å². The van der Waals surface area contributed by atoms with Crippen molar-refractivity contribution in [2.45, 2.75) is 63.6 Å². The Morgan fingerprint density at radius 1 is 1.06 bits per heavy atom. The second kappa shape index (κ2) is 11.9. The van der Waals surface area contributed by atoms with E-state index in [1.165, 1.54) is 17.4 Å². The molecule has 2 aromatic carbocycles. The predicted molar refractivity (Wildman–Crippen MR) is 134 cm³/mol. The molecule has 35 heavy (non-hydrogen) atoms. The molecule has 8 heteroatoms. The molecule has 0 radical (unpaired) electrons. The molecule has 1 saturated carbocycles. The number of nitrogens with zero attached hydrogens (tertiary/aromatic N) is 1. The Bertz CT molecular complexity index is 1140. The Labute approximate surface area is 208 Å². The highest BCUT2D eigenvalue weighted by Crippen LogP contribution is 2.24. The molecule has 0 saturated heterocycles. The highest BCUT2D eigenvalue weighted by atomic mass is 32.1. The average Bonchev–Trinajstić information content (AvgIpc) is 3.35. The van der Waals surface area contributed by atoms with Crippen molar-refractivity contribution in [3.63, 3.8) is 0 Å². The van der Waals surface area contributed by atoms with E-state index in [-0.39, 0.29) is 42.2 Å². The monoisotopic (exact) mass is 495 g/mol. The van der Waals surface area contributed by atoms with Gasteiger partial charge in [-0.1, -0.05) is 62.2 Å². The number of carbonyl (C=O) groups excluding carboxylic acids is 2. The lowest BCUT2D eigenvalue weighted by Crippen LogP contribution is -2.54. The summed E-state index contributed by atoms with van der Waals surface area (Å²) in [5, 5.41) is 8.53. The van der Waals surface area contributed by atoms with Crippen molar-refractivity contribution in [1.29, 1.82) is 0 Å². The van der Waals surface area contributed by atoms with Crippen LogP contribution >= 0.6 is 11.3 Å². The van der Waals surface area contributed by atoms with Gasteiger partial charge in [0.05, 0.1) is 5.92 Å². The fraction of sp³-hybridized carbons (Fsp3) is 0.370. The minimum absolute atomic E-state index is 0.00825. The third-order valence-corrected chi connectivity index (χ3v) is 7.13. The second-order valence-corrected chi connectivity index (χ2v) is 9.64. The van der Waals surface area contributed by atoms with Crippen LogP contribution < -0.4 is 15.4 Å². The highest BCUT2D eigenvalue weighted by molar-refractivity contribution is 7.09. The summed E-state index contributed by atoms with van der Waals surface area (Å²) in [5.74, 6) is -0.795. The number of rotatable bonds is 9. The van der Waals surface area contributed by atoms with Gasteiger partial charge in [0.25, 0.3) is 5.91 Å². The zero-order valence-corrected chi connectivity index (χ0v) is 20.5. The van der Waals surface area contributed by atoms with Crippen molar-refractivity contribution >= 4 is 23.2 Å². The van der Waals surface area contributed by atoms with Gasteiger partial charge in [0.2, 0.25) is 5.91 Å². The molecule has 4 rings (SSSR count). The third kappa shape index (κ3) is 6.45. The zero-order valence-electron chi connectivity index (χ0n) is 19.7. The fourth-order valence-corrected chi connectivity index (χ4v) is 5.13. The molecule has 0 bridgehead atoms. The van der Waals surface area contributed by atoms with E-state index in [0.29, 0.717) is 17.1 Å². The maximum atomic E-state index is 13.7. The Hall–Kier alpha value is -3.26. The van der Waals surface area contributed by atoms with Gasteiger partial charge in [-0.3, -0.25) is 9.59 Å². The molecular weight excluding hydrogens is 465 g/mol. The molecule has 1 aliphatic carbocycles. The molecule has 1 aromatic heterocycles. The number of hydrogen-bond acceptors (Lipinski definition) is 5. The normalized spacial score (nSPS) is 18.5. The van der Waals surface area contributed by atoms with E-state index in [2.05, 4.69) is 15.6 Å². The summed E-state index contributed by atoms with van der Waals surface area (Å²) < 4.78 is 19.2. The smallest absolute Gasteiger partial charge is 0.271 e. The van der Waals surface area contributed by atoms with Crippen molar-refractivity contribution in [2.24, 2.45) is 0 Å². The summed E-state index contributed by atoms with van der Waals surface area (Å²) >= 11 is 1.29. The number of nitrogens with one attached hydrogen (secondary N) is 2. The van der Waals surface area contributed by atoms with E-state index in [9.17, 15) is 14.0 Å². The Balaban J connectivity index is 1.35. The number of hydrogen-bond donors (Lipinski definition) is 2. The predicted octanol–water partition coefficient (Wildman–Crippen LogP) is 5.21. The van der Waals surface area contributed by atoms with Crippen LogP contribution in [0.3, 0.4) is 0 Å². The van der Waals surface area contributed by atoms with Gasteiger partial charge >= 0.3 is 0 Å². The van der Waals surface area contributed by atoms with Crippen LogP contribution in [0.15, 0.2) is 60.0 Å². The number of halogens is 1. The molecule has 184 valence electrons. The first kappa shape index (κ1) is 24.9. The van der Waals surface area contributed by atoms with Gasteiger partial charge in [-0.25, -0.2) is 9.37 Å². The molecule has 1 heterocycles. The fourth-order valence-electron chi connectivity index (χ4n) is 4.44. The van der Waals surface area contributed by atoms with Gasteiger partial charge in [-0.05, 0) is 37.0 Å². The molecule has 6 nitrogen and oxygen atoms in total. The quantitative estimate of drug-likeness (QED) is 0.427. The zero-order chi connectivity index (χ0) is 24.6. The number of thiazole rings is 1. The lowest BCUT2D eigenvalue weighted by atomic mass is 9.88. The van der Waals surface area contributed by atoms with Crippen molar-refractivity contribution in [3.8, 4) is 5.75 Å². The van der Waals surface area contributed by atoms with Gasteiger partial charge in [0.15, 0.2) is 11.6 Å². The number of aromatic nitrogens is 1. The maximum absolute atomic E-state index is 13.7. The molecule has 0 aliphatic heterocycles. The minimum atomic E-state index is -0.440. The average molecular weight is 496 g/mol. The molecule has 3 atom stereocenters. The van der Waals surface area contributed by atoms with Crippen molar-refractivity contribution in [1.82, 2.24) is 15.6 Å². The molecule has 2 N–H and O–H groups in total. The van der Waals surface area contributed by atoms with E-state index < -0.39 is 5.82 Å². The van der Waals surface area contributed by atoms with Crippen LogP contribution in [0.2, 0.25) is 0 Å². The van der Waals surface area contributed by atoms with Crippen molar-refractivity contribution in [2.75, 3.05) is 0 Å². The number of carbonyl (C=O) groups is 2. The molecule has 1 aliphatic rings. The first-order valence-electron chi connectivity index (χ1n) is 12.0. The topological polar surface area (TPSA) is 80.3 Å². The van der Waals surface area contributed by atoms with Gasteiger partial charge in [0, 0.05) is 17.5 Å². The first-order valence-corrected chi connectivity index (χ1v) is 12.9. The van der Waals surface area contributed by atoms with Crippen LogP contribution in [-0.2, 0) is 11.4 Å². The van der Waals surface area contributed by atoms with E-state index in [4.69, 9.17) is 4.74 Å². The van der Waals surface area contributed by atoms with Crippen LogP contribution in [0, 0.1) is 5.82 Å². The largest absolute Gasteiger partial charge is 0.483 e. The van der Waals surface area contributed by atoms with Gasteiger partial charge in [0.1, 0.15) is 17.3 Å². The number of benzene rings is 2. The number of amides is 2. The molecule has 0 unspecified atom stereocenters. The van der Waals surface area contributed by atoms with Crippen molar-refractivity contribution in [3.05, 3.63) is 82.1 Å². The van der Waals surface area contributed by atoms with Crippen LogP contribution in [0.4, 0.5) is 4.39 Å². The summed E-state index contributed by atoms with van der Waals surface area (Å²) in [6.07, 6.45) is 4.32. The standard InChI is InChI=1S/C27H30FN3O3S/c1-2-19(18-10-4-3-5-11-18)26(32)30-21-13-7-8-14-22(21)31-27(33)23-17-35-25(29-23)16-34-24-15-9-6-12-20(24)28/h3-6,9-12,15,17,19,21-22H,2,7-8,13-14,16H2,1H3,(H,30,32)(H,31,33)/t19-,21+,22-/m0/s1. The van der Waals surface area contributed by atoms with E-state index in [1.54, 1.807) is 23.6 Å². The molecule has 2 amide bonds. The third-order valence-electron chi connectivity index (χ3n) is 6.31. The summed E-state index contributed by atoms with van der Waals surface area (Å²) in [4.78, 5) is 30.4. The first-order chi connectivity index (χ1) is 17.0. The second-order valence-electron chi connectivity index (χ2n) is 8.70. The summed E-state index contributed by atoms with van der Waals surface area (Å²) in [6.45, 7) is 2.09. The number of para-hydroxylation sites is 1. The Kier molecular flexibility index (Phi) is 8.47. The van der Waals surface area contributed by atoms with Gasteiger partial charge in [-0.15, -0.1) is 11.3 Å². The SMILES string of the molecule is CC[C@H](C(=O)N[C@@H]1CCCC[C@@H]1NC(=O)c1csc(COc2ccccc2F)n1)c1ccccc1. The highest BCUT2D eigenvalue weighted by Gasteiger charge is 2.30. The van der Waals surface area contributed by atoms with E-state index in [1.807, 2.05) is 37.3 Å². The lowest BCUT2D eigenvalue weighted by molar-refractivity contribution is -0.123. The summed E-state index contributed by atoms with van der Waals surface area (Å²) in [7, 11) is 0. The van der Waals surface area contributed by atoms with Crippen LogP contribution in [0.5, 0.6) is 5.75 Å². The Morgan fingerprint density at radius 2 is 1.74 bits per heavy atom. The number of ether oxygens (including phenoxy) is 1. The minimum Gasteiger partial charge on any atom is -0.483 e. The molecule has 3 aromatic rings.